The fraction of sp³-hybridized carbons (Fsp3) is 0.600. The minimum atomic E-state index is -0.410. The van der Waals surface area contributed by atoms with Crippen LogP contribution in [-0.2, 0) is 0 Å². The van der Waals surface area contributed by atoms with Crippen LogP contribution in [-0.4, -0.2) is 53.3 Å². The normalized spacial score (nSPS) is 18.4. The summed E-state index contributed by atoms with van der Waals surface area (Å²) in [5.74, 6) is 0.909. The zero-order valence-electron chi connectivity index (χ0n) is 12.7. The molecule has 0 unspecified atom stereocenters. The number of likely N-dealkylation sites (tertiary alicyclic amines) is 1. The smallest absolute Gasteiger partial charge is 0.321 e. The summed E-state index contributed by atoms with van der Waals surface area (Å²) in [6, 6.07) is 3.60. The van der Waals surface area contributed by atoms with Crippen molar-refractivity contribution in [1.29, 1.82) is 0 Å². The third-order valence-electron chi connectivity index (χ3n) is 3.77. The number of anilines is 2. The first-order chi connectivity index (χ1) is 10.1. The van der Waals surface area contributed by atoms with E-state index in [1.165, 1.54) is 0 Å². The maximum Gasteiger partial charge on any atom is 0.321 e. The Kier molecular flexibility index (Phi) is 5.38. The molecule has 1 saturated heterocycles. The van der Waals surface area contributed by atoms with Crippen molar-refractivity contribution in [2.45, 2.75) is 32.8 Å². The number of aliphatic hydroxyl groups excluding tert-OH is 1. The summed E-state index contributed by atoms with van der Waals surface area (Å²) in [6.07, 6.45) is 2.87. The molecule has 1 aromatic heterocycles. The van der Waals surface area contributed by atoms with Gasteiger partial charge in [0.25, 0.3) is 0 Å². The Hall–Kier alpha value is -1.82. The zero-order chi connectivity index (χ0) is 15.2. The number of amides is 2. The molecular weight excluding hydrogens is 268 g/mol. The van der Waals surface area contributed by atoms with E-state index in [9.17, 15) is 9.90 Å². The van der Waals surface area contributed by atoms with Crippen LogP contribution in [0.25, 0.3) is 0 Å². The van der Waals surface area contributed by atoms with Gasteiger partial charge < -0.3 is 20.2 Å². The number of aromatic nitrogens is 1. The number of rotatable bonds is 4. The van der Waals surface area contributed by atoms with Gasteiger partial charge in [0.05, 0.1) is 18.0 Å². The first kappa shape index (κ1) is 15.6. The molecular formula is C15H24N4O2. The molecule has 116 valence electrons. The second-order valence-electron chi connectivity index (χ2n) is 5.25. The molecule has 1 aliphatic rings. The summed E-state index contributed by atoms with van der Waals surface area (Å²) in [4.78, 5) is 20.3. The maximum atomic E-state index is 12.1. The molecule has 2 rings (SSSR count). The van der Waals surface area contributed by atoms with Crippen LogP contribution in [0, 0.1) is 0 Å². The van der Waals surface area contributed by atoms with Crippen LogP contribution in [0.5, 0.6) is 0 Å². The van der Waals surface area contributed by atoms with E-state index in [-0.39, 0.29) is 6.03 Å². The zero-order valence-corrected chi connectivity index (χ0v) is 12.7. The SMILES string of the molecule is CCN(CC)c1ccc(NC(=O)N2CCC[C@@H](O)C2)cn1. The molecule has 1 aromatic rings. The Morgan fingerprint density at radius 3 is 2.81 bits per heavy atom. The summed E-state index contributed by atoms with van der Waals surface area (Å²) in [7, 11) is 0. The van der Waals surface area contributed by atoms with Gasteiger partial charge in [-0.2, -0.15) is 0 Å². The molecule has 2 N–H and O–H groups in total. The molecule has 0 spiro atoms. The number of β-amino-alcohol motifs (C(OH)–C–C–N with tert-alkyl or cyclic N) is 1. The number of carbonyl (C=O) groups excluding carboxylic acids is 1. The highest BCUT2D eigenvalue weighted by atomic mass is 16.3. The number of hydrogen-bond donors (Lipinski definition) is 2. The summed E-state index contributed by atoms with van der Waals surface area (Å²) in [5.41, 5.74) is 0.677. The van der Waals surface area contributed by atoms with Gasteiger partial charge in [-0.3, -0.25) is 0 Å². The summed E-state index contributed by atoms with van der Waals surface area (Å²) in [6.45, 7) is 7.07. The van der Waals surface area contributed by atoms with Crippen LogP contribution in [0.3, 0.4) is 0 Å². The number of carbonyl (C=O) groups is 1. The van der Waals surface area contributed by atoms with Crippen LogP contribution in [0.15, 0.2) is 18.3 Å². The van der Waals surface area contributed by atoms with Gasteiger partial charge in [0.15, 0.2) is 0 Å². The quantitative estimate of drug-likeness (QED) is 0.889. The minimum Gasteiger partial charge on any atom is -0.391 e. The molecule has 6 nitrogen and oxygen atoms in total. The van der Waals surface area contributed by atoms with Crippen molar-refractivity contribution in [3.63, 3.8) is 0 Å². The van der Waals surface area contributed by atoms with Gasteiger partial charge in [-0.25, -0.2) is 9.78 Å². The van der Waals surface area contributed by atoms with E-state index in [2.05, 4.69) is 29.0 Å². The molecule has 0 bridgehead atoms. The number of piperidine rings is 1. The van der Waals surface area contributed by atoms with Crippen LogP contribution in [0.1, 0.15) is 26.7 Å². The van der Waals surface area contributed by atoms with Gasteiger partial charge in [-0.15, -0.1) is 0 Å². The topological polar surface area (TPSA) is 68.7 Å². The van der Waals surface area contributed by atoms with Crippen LogP contribution in [0.4, 0.5) is 16.3 Å². The molecule has 6 heteroatoms. The lowest BCUT2D eigenvalue weighted by Gasteiger charge is -2.30. The second-order valence-corrected chi connectivity index (χ2v) is 5.25. The van der Waals surface area contributed by atoms with E-state index in [0.29, 0.717) is 18.8 Å². The molecule has 0 radical (unpaired) electrons. The lowest BCUT2D eigenvalue weighted by molar-refractivity contribution is 0.0883. The van der Waals surface area contributed by atoms with Crippen molar-refractivity contribution >= 4 is 17.5 Å². The average Bonchev–Trinajstić information content (AvgIpc) is 2.50. The standard InChI is InChI=1S/C15H24N4O2/c1-3-18(4-2)14-8-7-12(10-16-14)17-15(21)19-9-5-6-13(20)11-19/h7-8,10,13,20H,3-6,9,11H2,1-2H3,(H,17,21)/t13-/m1/s1. The maximum absolute atomic E-state index is 12.1. The lowest BCUT2D eigenvalue weighted by atomic mass is 10.1. The monoisotopic (exact) mass is 292 g/mol. The first-order valence-corrected chi connectivity index (χ1v) is 7.59. The molecule has 0 aliphatic carbocycles. The van der Waals surface area contributed by atoms with Crippen molar-refractivity contribution in [3.8, 4) is 0 Å². The predicted octanol–water partition coefficient (Wildman–Crippen LogP) is 1.92. The van der Waals surface area contributed by atoms with Crippen LogP contribution in [0.2, 0.25) is 0 Å². The van der Waals surface area contributed by atoms with E-state index in [1.54, 1.807) is 11.1 Å². The largest absolute Gasteiger partial charge is 0.391 e. The number of urea groups is 1. The van der Waals surface area contributed by atoms with Crippen molar-refractivity contribution in [3.05, 3.63) is 18.3 Å². The molecule has 2 amide bonds. The van der Waals surface area contributed by atoms with Gasteiger partial charge in [-0.05, 0) is 38.8 Å². The molecule has 0 aromatic carbocycles. The third-order valence-corrected chi connectivity index (χ3v) is 3.77. The average molecular weight is 292 g/mol. The fourth-order valence-electron chi connectivity index (χ4n) is 2.54. The number of nitrogens with zero attached hydrogens (tertiary/aromatic N) is 3. The Morgan fingerprint density at radius 1 is 1.48 bits per heavy atom. The van der Waals surface area contributed by atoms with Gasteiger partial charge in [0, 0.05) is 26.2 Å². The van der Waals surface area contributed by atoms with E-state index >= 15 is 0 Å². The van der Waals surface area contributed by atoms with Gasteiger partial charge in [-0.1, -0.05) is 0 Å². The molecule has 21 heavy (non-hydrogen) atoms. The third kappa shape index (κ3) is 4.07. The Balaban J connectivity index is 1.95. The van der Waals surface area contributed by atoms with E-state index < -0.39 is 6.10 Å². The van der Waals surface area contributed by atoms with Crippen molar-refractivity contribution < 1.29 is 9.90 Å². The Labute approximate surface area is 125 Å². The Bertz CT molecular complexity index is 459. The summed E-state index contributed by atoms with van der Waals surface area (Å²) in [5, 5.41) is 12.4. The summed E-state index contributed by atoms with van der Waals surface area (Å²) >= 11 is 0. The first-order valence-electron chi connectivity index (χ1n) is 7.59. The fourth-order valence-corrected chi connectivity index (χ4v) is 2.54. The van der Waals surface area contributed by atoms with Crippen molar-refractivity contribution in [2.75, 3.05) is 36.4 Å². The highest BCUT2D eigenvalue weighted by Gasteiger charge is 2.22. The van der Waals surface area contributed by atoms with Gasteiger partial charge in [0.1, 0.15) is 5.82 Å². The Morgan fingerprint density at radius 2 is 2.24 bits per heavy atom. The van der Waals surface area contributed by atoms with Crippen LogP contribution < -0.4 is 10.2 Å². The van der Waals surface area contributed by atoms with Gasteiger partial charge >= 0.3 is 6.03 Å². The van der Waals surface area contributed by atoms with Crippen molar-refractivity contribution in [2.24, 2.45) is 0 Å². The number of hydrogen-bond acceptors (Lipinski definition) is 4. The highest BCUT2D eigenvalue weighted by Crippen LogP contribution is 2.16. The predicted molar refractivity (Wildman–Crippen MR) is 83.6 cm³/mol. The van der Waals surface area contributed by atoms with Gasteiger partial charge in [0.2, 0.25) is 0 Å². The van der Waals surface area contributed by atoms with Crippen LogP contribution >= 0.6 is 0 Å². The molecule has 2 heterocycles. The van der Waals surface area contributed by atoms with E-state index in [1.807, 2.05) is 12.1 Å². The molecule has 1 fully saturated rings. The summed E-state index contributed by atoms with van der Waals surface area (Å²) < 4.78 is 0. The molecule has 1 aliphatic heterocycles. The lowest BCUT2D eigenvalue weighted by Crippen LogP contribution is -2.44. The second kappa shape index (κ2) is 7.26. The number of pyridine rings is 1. The highest BCUT2D eigenvalue weighted by molar-refractivity contribution is 5.89. The molecule has 0 saturated carbocycles. The minimum absolute atomic E-state index is 0.175. The molecule has 1 atom stereocenters. The number of aliphatic hydroxyl groups is 1. The van der Waals surface area contributed by atoms with Crippen molar-refractivity contribution in [1.82, 2.24) is 9.88 Å². The number of nitrogens with one attached hydrogen (secondary N) is 1. The van der Waals surface area contributed by atoms with E-state index in [4.69, 9.17) is 0 Å². The van der Waals surface area contributed by atoms with E-state index in [0.717, 1.165) is 31.7 Å².